The number of hydrogen-bond acceptors (Lipinski definition) is 8. The van der Waals surface area contributed by atoms with Crippen molar-refractivity contribution in [1.82, 2.24) is 39.3 Å². The Morgan fingerprint density at radius 2 is 1.79 bits per heavy atom. The number of benzene rings is 3. The highest BCUT2D eigenvalue weighted by Crippen LogP contribution is 2.68. The highest BCUT2D eigenvalue weighted by atomic mass is 35.5. The van der Waals surface area contributed by atoms with Gasteiger partial charge in [-0.3, -0.25) is 28.2 Å². The predicted molar refractivity (Wildman–Crippen MR) is 218 cm³/mol. The number of carbonyl (C=O) groups is 1. The van der Waals surface area contributed by atoms with E-state index in [9.17, 15) is 30.8 Å². The fraction of sp³-hybridized carbons (Fsp3) is 0.341. The molecule has 3 aromatic carbocycles. The maximum absolute atomic E-state index is 15.5. The molecule has 6 aromatic rings. The highest BCUT2D eigenvalue weighted by Gasteiger charge is 2.67. The second kappa shape index (κ2) is 15.0. The largest absolute Gasteiger partial charge is 0.344 e. The molecule has 4 heterocycles. The summed E-state index contributed by atoms with van der Waals surface area (Å²) in [7, 11) is -0.448. The quantitative estimate of drug-likeness (QED) is 0.136. The van der Waals surface area contributed by atoms with Crippen molar-refractivity contribution in [2.75, 3.05) is 31.1 Å². The lowest BCUT2D eigenvalue weighted by atomic mass is 9.98. The van der Waals surface area contributed by atoms with Gasteiger partial charge in [-0.2, -0.15) is 19.0 Å². The second-order valence-corrected chi connectivity index (χ2v) is 18.2. The van der Waals surface area contributed by atoms with Gasteiger partial charge in [0.15, 0.2) is 5.82 Å². The summed E-state index contributed by atoms with van der Waals surface area (Å²) in [5.74, 6) is -8.87. The van der Waals surface area contributed by atoms with Gasteiger partial charge in [0.25, 0.3) is 17.9 Å². The lowest BCUT2D eigenvalue weighted by Gasteiger charge is -2.25. The number of likely N-dealkylation sites (N-methyl/N-ethyl adjacent to an activating group) is 1. The molecular formula is C41H36ClF6N9O4S. The molecule has 324 valence electrons. The fourth-order valence-electron chi connectivity index (χ4n) is 8.81. The minimum Gasteiger partial charge on any atom is -0.344 e. The van der Waals surface area contributed by atoms with Gasteiger partial charge in [0.05, 0.1) is 44.8 Å². The van der Waals surface area contributed by atoms with E-state index in [0.717, 1.165) is 40.6 Å². The van der Waals surface area contributed by atoms with E-state index < -0.39 is 87.7 Å². The lowest BCUT2D eigenvalue weighted by Crippen LogP contribution is -2.38. The molecule has 62 heavy (non-hydrogen) atoms. The Balaban J connectivity index is 1.25. The second-order valence-electron chi connectivity index (χ2n) is 16.0. The van der Waals surface area contributed by atoms with Crippen LogP contribution in [0.5, 0.6) is 0 Å². The molecule has 3 aromatic heterocycles. The van der Waals surface area contributed by atoms with E-state index in [1.54, 1.807) is 18.2 Å². The van der Waals surface area contributed by atoms with Crippen molar-refractivity contribution in [2.45, 2.75) is 50.1 Å². The molecule has 3 atom stereocenters. The maximum Gasteiger partial charge on any atom is 0.293 e. The van der Waals surface area contributed by atoms with E-state index in [4.69, 9.17) is 16.6 Å². The number of nitrogens with zero attached hydrogens (tertiary/aromatic N) is 7. The van der Waals surface area contributed by atoms with Crippen molar-refractivity contribution in [3.8, 4) is 5.69 Å². The van der Waals surface area contributed by atoms with Crippen LogP contribution in [0.15, 0.2) is 59.4 Å². The van der Waals surface area contributed by atoms with Crippen LogP contribution in [0.4, 0.5) is 32.2 Å². The van der Waals surface area contributed by atoms with Crippen molar-refractivity contribution < 1.29 is 39.6 Å². The van der Waals surface area contributed by atoms with Gasteiger partial charge >= 0.3 is 0 Å². The summed E-state index contributed by atoms with van der Waals surface area (Å²) in [4.78, 5) is 36.2. The number of alkyl halides is 4. The van der Waals surface area contributed by atoms with Gasteiger partial charge in [-0.25, -0.2) is 31.0 Å². The van der Waals surface area contributed by atoms with E-state index >= 15 is 13.6 Å². The molecule has 1 fully saturated rings. The Kier molecular flexibility index (Phi) is 10.0. The Bertz CT molecular complexity index is 3060. The van der Waals surface area contributed by atoms with Crippen LogP contribution < -0.4 is 15.6 Å². The minimum absolute atomic E-state index is 0.00549. The molecule has 3 aliphatic rings. The first-order valence-electron chi connectivity index (χ1n) is 19.4. The van der Waals surface area contributed by atoms with E-state index in [-0.39, 0.29) is 61.7 Å². The summed E-state index contributed by atoms with van der Waals surface area (Å²) < 4.78 is 119. The molecule has 0 radical (unpaired) electrons. The lowest BCUT2D eigenvalue weighted by molar-refractivity contribution is -0.123. The van der Waals surface area contributed by atoms with Gasteiger partial charge < -0.3 is 10.2 Å². The van der Waals surface area contributed by atoms with Gasteiger partial charge in [-0.05, 0) is 78.9 Å². The number of rotatable bonds is 11. The molecule has 2 unspecified atom stereocenters. The van der Waals surface area contributed by atoms with Crippen molar-refractivity contribution in [1.29, 1.82) is 0 Å². The number of anilines is 1. The molecule has 1 aliphatic heterocycles. The van der Waals surface area contributed by atoms with E-state index in [1.807, 2.05) is 13.1 Å². The Labute approximate surface area is 354 Å². The van der Waals surface area contributed by atoms with Crippen LogP contribution in [0.3, 0.4) is 0 Å². The van der Waals surface area contributed by atoms with Crippen LogP contribution in [0.2, 0.25) is 5.02 Å². The molecule has 1 amide bonds. The van der Waals surface area contributed by atoms with Crippen molar-refractivity contribution in [3.63, 3.8) is 0 Å². The van der Waals surface area contributed by atoms with Gasteiger partial charge in [0.2, 0.25) is 15.9 Å². The van der Waals surface area contributed by atoms with Gasteiger partial charge in [0, 0.05) is 44.1 Å². The molecule has 2 N–H and O–H groups in total. The van der Waals surface area contributed by atoms with Crippen LogP contribution in [0, 0.1) is 17.6 Å². The number of fused-ring (bicyclic) bond motifs is 5. The molecule has 2 aliphatic carbocycles. The molecule has 0 spiro atoms. The van der Waals surface area contributed by atoms with E-state index in [1.165, 1.54) is 23.9 Å². The third-order valence-electron chi connectivity index (χ3n) is 11.6. The molecule has 13 nitrogen and oxygen atoms in total. The monoisotopic (exact) mass is 899 g/mol. The Hall–Kier alpha value is -5.73. The zero-order valence-electron chi connectivity index (χ0n) is 33.1. The summed E-state index contributed by atoms with van der Waals surface area (Å²) in [6, 6.07) is 9.06. The number of halogens is 7. The zero-order chi connectivity index (χ0) is 44.2. The molecule has 0 saturated heterocycles. The van der Waals surface area contributed by atoms with E-state index in [2.05, 4.69) is 25.1 Å². The summed E-state index contributed by atoms with van der Waals surface area (Å²) in [6.45, 7) is 0.475. The number of aromatic nitrogens is 6. The SMILES string of the molecule is CN1CC=C(c2ccc3c(=O)n(-c4ccc(Cl)c5c(NS(C)(=O)=O)nn(C)c45)c([C@H](Cc4cc(F)cc(F)c4)NC(=O)Cn4nc(C(F)F)c5c4C(F)(F)C4CC54)nc3c2)CC1. The number of sulfonamides is 1. The average molecular weight is 900 g/mol. The first-order chi connectivity index (χ1) is 29.3. The number of nitrogens with one attached hydrogen (secondary N) is 2. The van der Waals surface area contributed by atoms with Crippen LogP contribution >= 0.6 is 11.6 Å². The topological polar surface area (TPSA) is 149 Å². The smallest absolute Gasteiger partial charge is 0.293 e. The Morgan fingerprint density at radius 3 is 2.47 bits per heavy atom. The van der Waals surface area contributed by atoms with Gasteiger partial charge in [-0.1, -0.05) is 23.7 Å². The van der Waals surface area contributed by atoms with Gasteiger partial charge in [0.1, 0.15) is 35.4 Å². The minimum atomic E-state index is -3.90. The highest BCUT2D eigenvalue weighted by molar-refractivity contribution is 7.92. The maximum atomic E-state index is 15.5. The first-order valence-corrected chi connectivity index (χ1v) is 21.7. The van der Waals surface area contributed by atoms with Crippen LogP contribution in [-0.4, -0.2) is 74.7 Å². The first kappa shape index (κ1) is 41.6. The van der Waals surface area contributed by atoms with Crippen LogP contribution in [0.25, 0.3) is 33.1 Å². The number of aryl methyl sites for hydroxylation is 1. The zero-order valence-corrected chi connectivity index (χ0v) is 34.6. The number of hydrogen-bond donors (Lipinski definition) is 2. The van der Waals surface area contributed by atoms with Crippen molar-refractivity contribution >= 4 is 60.7 Å². The van der Waals surface area contributed by atoms with E-state index in [0.29, 0.717) is 23.7 Å². The molecule has 21 heteroatoms. The third kappa shape index (κ3) is 7.30. The Morgan fingerprint density at radius 1 is 1.05 bits per heavy atom. The summed E-state index contributed by atoms with van der Waals surface area (Å²) in [6.07, 6.45) is 0.0239. The summed E-state index contributed by atoms with van der Waals surface area (Å²) in [5, 5.41) is 11.0. The predicted octanol–water partition coefficient (Wildman–Crippen LogP) is 6.74. The molecule has 1 saturated carbocycles. The summed E-state index contributed by atoms with van der Waals surface area (Å²) >= 11 is 6.64. The van der Waals surface area contributed by atoms with Crippen LogP contribution in [-0.2, 0) is 40.8 Å². The number of amides is 1. The van der Waals surface area contributed by atoms with Crippen molar-refractivity contribution in [2.24, 2.45) is 13.0 Å². The molecular weight excluding hydrogens is 864 g/mol. The van der Waals surface area contributed by atoms with Gasteiger partial charge in [-0.15, -0.1) is 0 Å². The normalized spacial score (nSPS) is 18.9. The molecule has 9 rings (SSSR count). The van der Waals surface area contributed by atoms with Crippen LogP contribution in [0.1, 0.15) is 65.1 Å². The standard InChI is InChI=1S/C41H36ClF6N9O4S/c1-54-10-8-20(9-11-54)21-4-5-24-28(15-21)50-39(57(40(24)59)30-7-6-27(42)33-35(30)55(2)52-38(33)53-62(3,60)61)29(14-19-12-22(43)16-23(44)13-19)49-31(58)18-56-36-32(34(51-56)37(45)46)25-17-26(25)41(36,47)48/h4-8,12-13,15-16,25-26,29,37H,9-11,14,17-18H2,1-3H3,(H,49,58)(H,52,53)/t25?,26?,29-/m0/s1. The van der Waals surface area contributed by atoms with Crippen molar-refractivity contribution in [3.05, 3.63) is 116 Å². The molecule has 0 bridgehead atoms. The average Bonchev–Trinajstić information content (AvgIpc) is 3.73. The summed E-state index contributed by atoms with van der Waals surface area (Å²) in [5.41, 5.74) is -0.484. The number of carbonyl (C=O) groups excluding carboxylic acids is 1. The fourth-order valence-corrected chi connectivity index (χ4v) is 9.55. The third-order valence-corrected chi connectivity index (χ3v) is 12.5.